The number of hydrogen-bond donors (Lipinski definition) is 3. The third-order valence-corrected chi connectivity index (χ3v) is 5.96. The van der Waals surface area contributed by atoms with E-state index in [1.165, 1.54) is 0 Å². The zero-order chi connectivity index (χ0) is 22.5. The van der Waals surface area contributed by atoms with Gasteiger partial charge in [0.1, 0.15) is 11.6 Å². The first-order chi connectivity index (χ1) is 15.4. The molecular formula is C23H21N5O4. The third-order valence-electron chi connectivity index (χ3n) is 5.96. The number of methoxy groups -OCH3 is 1. The van der Waals surface area contributed by atoms with Crippen LogP contribution in [0.4, 0.5) is 4.79 Å². The number of urea groups is 1. The summed E-state index contributed by atoms with van der Waals surface area (Å²) in [5.41, 5.74) is 2.33. The van der Waals surface area contributed by atoms with E-state index in [0.29, 0.717) is 23.4 Å². The first-order valence-corrected chi connectivity index (χ1v) is 10.1. The summed E-state index contributed by atoms with van der Waals surface area (Å²) in [6.45, 7) is 2.21. The molecule has 3 heterocycles. The Labute approximate surface area is 183 Å². The molecule has 2 aliphatic heterocycles. The summed E-state index contributed by atoms with van der Waals surface area (Å²) in [4.78, 5) is 47.1. The van der Waals surface area contributed by atoms with E-state index in [1.807, 2.05) is 25.1 Å². The quantitative estimate of drug-likeness (QED) is 0.535. The maximum Gasteiger partial charge on any atom is 0.322 e. The number of H-pyrrole nitrogens is 1. The average Bonchev–Trinajstić information content (AvgIpc) is 3.44. The molecule has 1 aromatic heterocycles. The summed E-state index contributed by atoms with van der Waals surface area (Å²) in [6, 6.07) is 12.0. The number of imide groups is 1. The van der Waals surface area contributed by atoms with Crippen LogP contribution in [-0.2, 0) is 16.9 Å². The van der Waals surface area contributed by atoms with Crippen molar-refractivity contribution in [1.29, 1.82) is 0 Å². The summed E-state index contributed by atoms with van der Waals surface area (Å²) < 4.78 is 5.23. The molecule has 0 unspecified atom stereocenters. The zero-order valence-electron chi connectivity index (χ0n) is 17.6. The Kier molecular flexibility index (Phi) is 4.47. The molecule has 0 radical (unpaired) electrons. The Hall–Kier alpha value is -4.14. The van der Waals surface area contributed by atoms with Crippen LogP contribution in [-0.4, -0.2) is 46.4 Å². The number of imidazole rings is 1. The number of carbonyl (C=O) groups is 3. The molecule has 162 valence electrons. The second-order valence-electron chi connectivity index (χ2n) is 7.96. The van der Waals surface area contributed by atoms with Gasteiger partial charge in [-0.25, -0.2) is 9.78 Å². The van der Waals surface area contributed by atoms with Gasteiger partial charge >= 0.3 is 6.03 Å². The lowest BCUT2D eigenvalue weighted by atomic mass is 9.88. The fraction of sp³-hybridized carbons (Fsp3) is 0.217. The lowest BCUT2D eigenvalue weighted by Crippen LogP contribution is -2.52. The maximum absolute atomic E-state index is 13.1. The van der Waals surface area contributed by atoms with E-state index in [9.17, 15) is 14.4 Å². The highest BCUT2D eigenvalue weighted by atomic mass is 16.5. The van der Waals surface area contributed by atoms with Crippen LogP contribution in [0.3, 0.4) is 0 Å². The van der Waals surface area contributed by atoms with Gasteiger partial charge in [-0.2, -0.15) is 0 Å². The third kappa shape index (κ3) is 3.09. The Balaban J connectivity index is 1.48. The lowest BCUT2D eigenvalue weighted by molar-refractivity contribution is -0.124. The summed E-state index contributed by atoms with van der Waals surface area (Å²) in [6.07, 6.45) is 1.73. The largest absolute Gasteiger partial charge is 0.497 e. The molecule has 1 saturated heterocycles. The summed E-state index contributed by atoms with van der Waals surface area (Å²) in [5, 5.41) is 5.08. The summed E-state index contributed by atoms with van der Waals surface area (Å²) >= 11 is 0. The number of rotatable bonds is 5. The van der Waals surface area contributed by atoms with E-state index < -0.39 is 17.5 Å². The standard InChI is InChI=1S/C23H21N5O4/c1-13-24-10-19(25-13)14-3-6-16(7-4-14)23(21(30)26-22(31)27-23)12-28-11-15-5-8-17(32-2)9-18(15)20(28)29/h3-10H,11-12H2,1-2H3,(H,24,25)(H2,26,27,30,31)/t23-/m1/s1. The van der Waals surface area contributed by atoms with Crippen LogP contribution < -0.4 is 15.4 Å². The Morgan fingerprint density at radius 2 is 1.91 bits per heavy atom. The van der Waals surface area contributed by atoms with Crippen molar-refractivity contribution in [2.75, 3.05) is 13.7 Å². The molecule has 32 heavy (non-hydrogen) atoms. The predicted octanol–water partition coefficient (Wildman–Crippen LogP) is 2.08. The van der Waals surface area contributed by atoms with E-state index in [0.717, 1.165) is 22.6 Å². The molecule has 2 aliphatic rings. The number of aromatic nitrogens is 2. The minimum Gasteiger partial charge on any atom is -0.497 e. The van der Waals surface area contributed by atoms with Crippen molar-refractivity contribution < 1.29 is 19.1 Å². The molecule has 0 aliphatic carbocycles. The molecule has 1 fully saturated rings. The molecule has 0 bridgehead atoms. The average molecular weight is 431 g/mol. The number of amides is 4. The number of fused-ring (bicyclic) bond motifs is 1. The molecule has 9 nitrogen and oxygen atoms in total. The number of aromatic amines is 1. The van der Waals surface area contributed by atoms with E-state index >= 15 is 0 Å². The van der Waals surface area contributed by atoms with Crippen molar-refractivity contribution in [2.24, 2.45) is 0 Å². The van der Waals surface area contributed by atoms with Gasteiger partial charge in [0.15, 0.2) is 5.54 Å². The molecule has 4 amide bonds. The Morgan fingerprint density at radius 1 is 1.12 bits per heavy atom. The molecule has 0 saturated carbocycles. The van der Waals surface area contributed by atoms with Crippen LogP contribution in [0.5, 0.6) is 5.75 Å². The summed E-state index contributed by atoms with van der Waals surface area (Å²) in [5.74, 6) is 0.683. The zero-order valence-corrected chi connectivity index (χ0v) is 17.6. The molecular weight excluding hydrogens is 410 g/mol. The number of ether oxygens (including phenoxy) is 1. The Morgan fingerprint density at radius 3 is 2.53 bits per heavy atom. The van der Waals surface area contributed by atoms with Crippen LogP contribution in [0.25, 0.3) is 11.3 Å². The van der Waals surface area contributed by atoms with Gasteiger partial charge in [-0.1, -0.05) is 30.3 Å². The highest BCUT2D eigenvalue weighted by Gasteiger charge is 2.50. The normalized spacial score (nSPS) is 19.7. The van der Waals surface area contributed by atoms with Crippen molar-refractivity contribution in [3.8, 4) is 17.0 Å². The van der Waals surface area contributed by atoms with Crippen molar-refractivity contribution in [3.63, 3.8) is 0 Å². The number of nitrogens with zero attached hydrogens (tertiary/aromatic N) is 2. The van der Waals surface area contributed by atoms with E-state index in [4.69, 9.17) is 4.74 Å². The van der Waals surface area contributed by atoms with Gasteiger partial charge < -0.3 is 19.9 Å². The van der Waals surface area contributed by atoms with Crippen LogP contribution >= 0.6 is 0 Å². The first-order valence-electron chi connectivity index (χ1n) is 10.1. The molecule has 9 heteroatoms. The SMILES string of the molecule is COc1ccc2c(c1)C(=O)N(C[C@]1(c3ccc(-c4cnc(C)[nH]4)cc3)NC(=O)NC1=O)C2. The minimum absolute atomic E-state index is 0.00289. The van der Waals surface area contributed by atoms with Gasteiger partial charge in [-0.15, -0.1) is 0 Å². The minimum atomic E-state index is -1.39. The second kappa shape index (κ2) is 7.23. The molecule has 3 N–H and O–H groups in total. The van der Waals surface area contributed by atoms with Gasteiger partial charge in [0.05, 0.1) is 25.5 Å². The number of nitrogens with one attached hydrogen (secondary N) is 3. The van der Waals surface area contributed by atoms with Gasteiger partial charge in [0.25, 0.3) is 11.8 Å². The van der Waals surface area contributed by atoms with Crippen LogP contribution in [0.2, 0.25) is 0 Å². The molecule has 0 spiro atoms. The molecule has 5 rings (SSSR count). The van der Waals surface area contributed by atoms with Crippen molar-refractivity contribution >= 4 is 17.8 Å². The molecule has 1 atom stereocenters. The monoisotopic (exact) mass is 431 g/mol. The number of hydrogen-bond acceptors (Lipinski definition) is 5. The fourth-order valence-corrected chi connectivity index (χ4v) is 4.28. The number of benzene rings is 2. The van der Waals surface area contributed by atoms with Crippen LogP contribution in [0.15, 0.2) is 48.7 Å². The molecule has 2 aromatic carbocycles. The van der Waals surface area contributed by atoms with E-state index in [-0.39, 0.29) is 12.5 Å². The first kappa shape index (κ1) is 19.8. The van der Waals surface area contributed by atoms with Crippen LogP contribution in [0, 0.1) is 6.92 Å². The smallest absolute Gasteiger partial charge is 0.322 e. The topological polar surface area (TPSA) is 116 Å². The van der Waals surface area contributed by atoms with Gasteiger partial charge in [-0.3, -0.25) is 14.9 Å². The van der Waals surface area contributed by atoms with Gasteiger partial charge in [-0.05, 0) is 35.7 Å². The number of aryl methyl sites for hydroxylation is 1. The highest BCUT2D eigenvalue weighted by molar-refractivity contribution is 6.08. The van der Waals surface area contributed by atoms with Crippen molar-refractivity contribution in [2.45, 2.75) is 19.0 Å². The number of carbonyl (C=O) groups excluding carboxylic acids is 3. The van der Waals surface area contributed by atoms with E-state index in [2.05, 4.69) is 20.6 Å². The lowest BCUT2D eigenvalue weighted by Gasteiger charge is -2.31. The maximum atomic E-state index is 13.1. The van der Waals surface area contributed by atoms with Crippen molar-refractivity contribution in [1.82, 2.24) is 25.5 Å². The second-order valence-corrected chi connectivity index (χ2v) is 7.96. The Bertz CT molecular complexity index is 1250. The highest BCUT2D eigenvalue weighted by Crippen LogP contribution is 2.33. The fourth-order valence-electron chi connectivity index (χ4n) is 4.28. The predicted molar refractivity (Wildman–Crippen MR) is 115 cm³/mol. The molecule has 3 aromatic rings. The van der Waals surface area contributed by atoms with Gasteiger partial charge in [0.2, 0.25) is 0 Å². The van der Waals surface area contributed by atoms with Crippen molar-refractivity contribution in [3.05, 3.63) is 71.2 Å². The summed E-state index contributed by atoms with van der Waals surface area (Å²) in [7, 11) is 1.54. The van der Waals surface area contributed by atoms with Gasteiger partial charge in [0, 0.05) is 12.1 Å². The van der Waals surface area contributed by atoms with E-state index in [1.54, 1.807) is 42.5 Å². The van der Waals surface area contributed by atoms with Crippen LogP contribution in [0.1, 0.15) is 27.3 Å².